The second-order valence-corrected chi connectivity index (χ2v) is 4.33. The van der Waals surface area contributed by atoms with Crippen molar-refractivity contribution < 1.29 is 14.6 Å². The lowest BCUT2D eigenvalue weighted by molar-refractivity contribution is -0.147. The van der Waals surface area contributed by atoms with E-state index in [0.717, 1.165) is 0 Å². The van der Waals surface area contributed by atoms with Gasteiger partial charge < -0.3 is 20.5 Å². The summed E-state index contributed by atoms with van der Waals surface area (Å²) in [7, 11) is 0. The molecule has 0 saturated carbocycles. The van der Waals surface area contributed by atoms with Gasteiger partial charge in [0.2, 0.25) is 11.9 Å². The van der Waals surface area contributed by atoms with Crippen molar-refractivity contribution in [3.05, 3.63) is 6.33 Å². The van der Waals surface area contributed by atoms with Crippen molar-refractivity contribution in [3.8, 4) is 0 Å². The molecule has 1 fully saturated rings. The first kappa shape index (κ1) is 12.8. The minimum Gasteiger partial charge on any atom is -0.394 e. The zero-order valence-corrected chi connectivity index (χ0v) is 10.2. The Morgan fingerprint density at radius 1 is 1.72 bits per heavy atom. The lowest BCUT2D eigenvalue weighted by Crippen LogP contribution is -2.52. The minimum absolute atomic E-state index is 0.0128. The van der Waals surface area contributed by atoms with Crippen molar-refractivity contribution in [2.75, 3.05) is 25.5 Å². The molecule has 1 aromatic heterocycles. The van der Waals surface area contributed by atoms with E-state index in [0.29, 0.717) is 13.2 Å². The van der Waals surface area contributed by atoms with Crippen LogP contribution in [0.4, 0.5) is 5.95 Å². The molecule has 0 spiro atoms. The molecular formula is C10H17N5O3. The Morgan fingerprint density at radius 2 is 2.50 bits per heavy atom. The fraction of sp³-hybridized carbons (Fsp3) is 0.700. The van der Waals surface area contributed by atoms with Crippen molar-refractivity contribution >= 4 is 11.9 Å². The lowest BCUT2D eigenvalue weighted by Gasteiger charge is -2.37. The summed E-state index contributed by atoms with van der Waals surface area (Å²) in [6, 6.07) is -0.0128. The second kappa shape index (κ2) is 5.32. The van der Waals surface area contributed by atoms with Crippen LogP contribution in [0, 0.1) is 0 Å². The molecule has 1 amide bonds. The quantitative estimate of drug-likeness (QED) is 0.678. The molecule has 0 aromatic carbocycles. The molecule has 1 aromatic rings. The van der Waals surface area contributed by atoms with E-state index in [1.807, 2.05) is 6.92 Å². The molecule has 2 heterocycles. The van der Waals surface area contributed by atoms with Crippen LogP contribution in [-0.4, -0.2) is 62.6 Å². The van der Waals surface area contributed by atoms with E-state index in [1.165, 1.54) is 11.0 Å². The van der Waals surface area contributed by atoms with Gasteiger partial charge in [0, 0.05) is 6.54 Å². The number of aliphatic hydroxyl groups is 1. The standard InChI is InChI=1S/C10H17N5O3/c1-7-5-18-8(4-16)2-15(7)9(17)3-14-6-12-10(11)13-14/h6-8,16H,2-5H2,1H3,(H2,11,13). The van der Waals surface area contributed by atoms with Crippen LogP contribution < -0.4 is 5.73 Å². The van der Waals surface area contributed by atoms with E-state index in [1.54, 1.807) is 4.90 Å². The first-order chi connectivity index (χ1) is 8.60. The zero-order valence-electron chi connectivity index (χ0n) is 10.2. The Balaban J connectivity index is 1.98. The summed E-state index contributed by atoms with van der Waals surface area (Å²) in [5.74, 6) is 0.0558. The minimum atomic E-state index is -0.314. The molecule has 3 N–H and O–H groups in total. The smallest absolute Gasteiger partial charge is 0.244 e. The second-order valence-electron chi connectivity index (χ2n) is 4.33. The monoisotopic (exact) mass is 255 g/mol. The maximum Gasteiger partial charge on any atom is 0.244 e. The van der Waals surface area contributed by atoms with Gasteiger partial charge in [-0.3, -0.25) is 4.79 Å². The van der Waals surface area contributed by atoms with Gasteiger partial charge in [0.1, 0.15) is 12.9 Å². The zero-order chi connectivity index (χ0) is 13.1. The number of rotatable bonds is 3. The Morgan fingerprint density at radius 3 is 3.11 bits per heavy atom. The van der Waals surface area contributed by atoms with E-state index in [2.05, 4.69) is 10.1 Å². The Hall–Kier alpha value is -1.67. The number of carbonyl (C=O) groups excluding carboxylic acids is 1. The molecule has 1 saturated heterocycles. The van der Waals surface area contributed by atoms with Gasteiger partial charge in [-0.2, -0.15) is 0 Å². The van der Waals surface area contributed by atoms with Crippen molar-refractivity contribution in [2.24, 2.45) is 0 Å². The van der Waals surface area contributed by atoms with Gasteiger partial charge in [0.25, 0.3) is 0 Å². The van der Waals surface area contributed by atoms with Crippen LogP contribution in [0.2, 0.25) is 0 Å². The molecule has 2 unspecified atom stereocenters. The molecule has 0 radical (unpaired) electrons. The van der Waals surface area contributed by atoms with Gasteiger partial charge in [0.05, 0.1) is 25.4 Å². The number of morpholine rings is 1. The number of amides is 1. The summed E-state index contributed by atoms with van der Waals surface area (Å²) in [5, 5.41) is 12.9. The van der Waals surface area contributed by atoms with E-state index in [4.69, 9.17) is 15.6 Å². The van der Waals surface area contributed by atoms with Crippen LogP contribution in [0.25, 0.3) is 0 Å². The third kappa shape index (κ3) is 2.77. The average Bonchev–Trinajstić information content (AvgIpc) is 2.75. The van der Waals surface area contributed by atoms with E-state index < -0.39 is 0 Å². The number of nitrogens with two attached hydrogens (primary N) is 1. The summed E-state index contributed by atoms with van der Waals surface area (Å²) in [5.41, 5.74) is 5.38. The molecule has 2 rings (SSSR count). The Labute approximate surface area is 104 Å². The summed E-state index contributed by atoms with van der Waals surface area (Å²) < 4.78 is 6.77. The van der Waals surface area contributed by atoms with Gasteiger partial charge in [-0.15, -0.1) is 5.10 Å². The fourth-order valence-electron chi connectivity index (χ4n) is 1.89. The highest BCUT2D eigenvalue weighted by Gasteiger charge is 2.29. The number of nitrogen functional groups attached to an aromatic ring is 1. The summed E-state index contributed by atoms with van der Waals surface area (Å²) in [6.45, 7) is 2.72. The number of nitrogens with zero attached hydrogens (tertiary/aromatic N) is 4. The topological polar surface area (TPSA) is 106 Å². The Bertz CT molecular complexity index is 421. The third-order valence-corrected chi connectivity index (χ3v) is 2.88. The van der Waals surface area contributed by atoms with Gasteiger partial charge in [-0.25, -0.2) is 9.67 Å². The van der Waals surface area contributed by atoms with Gasteiger partial charge >= 0.3 is 0 Å². The molecule has 100 valence electrons. The van der Waals surface area contributed by atoms with Crippen molar-refractivity contribution in [2.45, 2.75) is 25.6 Å². The highest BCUT2D eigenvalue weighted by Crippen LogP contribution is 2.12. The highest BCUT2D eigenvalue weighted by molar-refractivity contribution is 5.76. The van der Waals surface area contributed by atoms with E-state index >= 15 is 0 Å². The van der Waals surface area contributed by atoms with Crippen LogP contribution in [-0.2, 0) is 16.1 Å². The Kier molecular flexibility index (Phi) is 3.78. The molecule has 0 bridgehead atoms. The molecule has 18 heavy (non-hydrogen) atoms. The summed E-state index contributed by atoms with van der Waals surface area (Å²) >= 11 is 0. The van der Waals surface area contributed by atoms with Crippen LogP contribution in [0.15, 0.2) is 6.33 Å². The number of ether oxygens (including phenoxy) is 1. The first-order valence-corrected chi connectivity index (χ1v) is 5.77. The van der Waals surface area contributed by atoms with Crippen molar-refractivity contribution in [3.63, 3.8) is 0 Å². The van der Waals surface area contributed by atoms with Crippen LogP contribution in [0.5, 0.6) is 0 Å². The van der Waals surface area contributed by atoms with Gasteiger partial charge in [-0.1, -0.05) is 0 Å². The van der Waals surface area contributed by atoms with Crippen LogP contribution in [0.1, 0.15) is 6.92 Å². The molecule has 1 aliphatic rings. The molecule has 2 atom stereocenters. The highest BCUT2D eigenvalue weighted by atomic mass is 16.5. The first-order valence-electron chi connectivity index (χ1n) is 5.77. The fourth-order valence-corrected chi connectivity index (χ4v) is 1.89. The number of carbonyl (C=O) groups is 1. The number of anilines is 1. The molecule has 8 nitrogen and oxygen atoms in total. The van der Waals surface area contributed by atoms with Crippen molar-refractivity contribution in [1.82, 2.24) is 19.7 Å². The number of hydrogen-bond acceptors (Lipinski definition) is 6. The number of hydrogen-bond donors (Lipinski definition) is 2. The van der Waals surface area contributed by atoms with Crippen LogP contribution >= 0.6 is 0 Å². The normalized spacial score (nSPS) is 24.2. The molecule has 8 heteroatoms. The van der Waals surface area contributed by atoms with E-state index in [-0.39, 0.29) is 37.2 Å². The summed E-state index contributed by atoms with van der Waals surface area (Å²) in [6.07, 6.45) is 1.10. The molecule has 0 aliphatic carbocycles. The largest absolute Gasteiger partial charge is 0.394 e. The average molecular weight is 255 g/mol. The van der Waals surface area contributed by atoms with Gasteiger partial charge in [0.15, 0.2) is 0 Å². The maximum absolute atomic E-state index is 12.1. The van der Waals surface area contributed by atoms with E-state index in [9.17, 15) is 4.79 Å². The number of aliphatic hydroxyl groups excluding tert-OH is 1. The molecular weight excluding hydrogens is 238 g/mol. The van der Waals surface area contributed by atoms with Crippen LogP contribution in [0.3, 0.4) is 0 Å². The maximum atomic E-state index is 12.1. The summed E-state index contributed by atoms with van der Waals surface area (Å²) in [4.78, 5) is 17.5. The number of aromatic nitrogens is 3. The van der Waals surface area contributed by atoms with Gasteiger partial charge in [-0.05, 0) is 6.92 Å². The predicted octanol–water partition coefficient (Wildman–Crippen LogP) is -1.53. The van der Waals surface area contributed by atoms with Crippen molar-refractivity contribution in [1.29, 1.82) is 0 Å². The predicted molar refractivity (Wildman–Crippen MR) is 62.4 cm³/mol. The lowest BCUT2D eigenvalue weighted by atomic mass is 10.2. The third-order valence-electron chi connectivity index (χ3n) is 2.88. The molecule has 1 aliphatic heterocycles. The SMILES string of the molecule is CC1COC(CO)CN1C(=O)Cn1cnc(N)n1.